The molecule has 1 atom stereocenters. The van der Waals surface area contributed by atoms with Crippen molar-refractivity contribution >= 4 is 46.6 Å². The average Bonchev–Trinajstić information content (AvgIpc) is 3.16. The number of carbonyl (C=O) groups excluding carboxylic acids is 2. The van der Waals surface area contributed by atoms with Crippen molar-refractivity contribution in [2.45, 2.75) is 25.1 Å². The maximum atomic E-state index is 12.6. The van der Waals surface area contributed by atoms with E-state index in [1.165, 1.54) is 5.56 Å². The fourth-order valence-corrected chi connectivity index (χ4v) is 4.81. The van der Waals surface area contributed by atoms with Crippen LogP contribution in [0.4, 0.5) is 11.4 Å². The summed E-state index contributed by atoms with van der Waals surface area (Å²) < 4.78 is 0. The Bertz CT molecular complexity index is 1080. The van der Waals surface area contributed by atoms with Crippen molar-refractivity contribution in [1.82, 2.24) is 0 Å². The summed E-state index contributed by atoms with van der Waals surface area (Å²) in [5, 5.41) is 3.40. The van der Waals surface area contributed by atoms with E-state index in [9.17, 15) is 9.59 Å². The molecule has 4 nitrogen and oxygen atoms in total. The molecule has 158 valence electrons. The van der Waals surface area contributed by atoms with Crippen LogP contribution in [0.2, 0.25) is 5.02 Å². The number of amides is 2. The number of nitrogens with one attached hydrogen (secondary N) is 1. The summed E-state index contributed by atoms with van der Waals surface area (Å²) in [6.07, 6.45) is 0. The van der Waals surface area contributed by atoms with Crippen molar-refractivity contribution in [2.24, 2.45) is 0 Å². The highest BCUT2D eigenvalue weighted by atomic mass is 35.5. The third-order valence-electron chi connectivity index (χ3n) is 5.27. The fraction of sp³-hybridized carbons (Fsp3) is 0.200. The van der Waals surface area contributed by atoms with Gasteiger partial charge in [-0.2, -0.15) is 0 Å². The van der Waals surface area contributed by atoms with Crippen LogP contribution in [-0.4, -0.2) is 17.6 Å². The Morgan fingerprint density at radius 3 is 2.26 bits per heavy atom. The first-order chi connectivity index (χ1) is 14.9. The van der Waals surface area contributed by atoms with E-state index >= 15 is 0 Å². The molecular formula is C25H23ClN2O2S. The number of hydrogen-bond acceptors (Lipinski definition) is 3. The minimum atomic E-state index is -0.193. The zero-order valence-electron chi connectivity index (χ0n) is 17.3. The minimum Gasteiger partial charge on any atom is -0.322 e. The van der Waals surface area contributed by atoms with Gasteiger partial charge in [0.1, 0.15) is 5.37 Å². The number of rotatable bonds is 5. The van der Waals surface area contributed by atoms with Crippen LogP contribution in [0.3, 0.4) is 0 Å². The molecule has 0 bridgehead atoms. The Hall–Kier alpha value is -2.76. The molecule has 1 N–H and O–H groups in total. The number of carbonyl (C=O) groups is 2. The second kappa shape index (κ2) is 9.16. The van der Waals surface area contributed by atoms with Crippen LogP contribution in [0.25, 0.3) is 0 Å². The summed E-state index contributed by atoms with van der Waals surface area (Å²) in [4.78, 5) is 26.9. The molecule has 4 rings (SSSR count). The second-order valence-electron chi connectivity index (χ2n) is 7.76. The van der Waals surface area contributed by atoms with Gasteiger partial charge in [0.2, 0.25) is 5.91 Å². The molecule has 3 aromatic rings. The summed E-state index contributed by atoms with van der Waals surface area (Å²) in [7, 11) is 0. The van der Waals surface area contributed by atoms with Crippen LogP contribution in [0.1, 0.15) is 46.6 Å². The van der Waals surface area contributed by atoms with Gasteiger partial charge in [0.05, 0.1) is 5.75 Å². The van der Waals surface area contributed by atoms with Gasteiger partial charge in [0.25, 0.3) is 5.91 Å². The van der Waals surface area contributed by atoms with Crippen LogP contribution < -0.4 is 10.2 Å². The summed E-state index contributed by atoms with van der Waals surface area (Å²) in [6.45, 7) is 4.31. The summed E-state index contributed by atoms with van der Waals surface area (Å²) in [5.41, 5.74) is 4.42. The highest BCUT2D eigenvalue weighted by Gasteiger charge is 2.34. The molecule has 0 unspecified atom stereocenters. The first-order valence-corrected chi connectivity index (χ1v) is 11.6. The monoisotopic (exact) mass is 450 g/mol. The second-order valence-corrected chi connectivity index (χ2v) is 9.26. The summed E-state index contributed by atoms with van der Waals surface area (Å²) in [6, 6.07) is 22.6. The van der Waals surface area contributed by atoms with E-state index in [2.05, 4.69) is 31.3 Å². The maximum Gasteiger partial charge on any atom is 0.255 e. The molecular weight excluding hydrogens is 428 g/mol. The van der Waals surface area contributed by atoms with Gasteiger partial charge in [0, 0.05) is 22.0 Å². The lowest BCUT2D eigenvalue weighted by Crippen LogP contribution is -2.27. The molecule has 31 heavy (non-hydrogen) atoms. The van der Waals surface area contributed by atoms with E-state index in [1.807, 2.05) is 41.3 Å². The third-order valence-corrected chi connectivity index (χ3v) is 6.73. The molecule has 0 radical (unpaired) electrons. The molecule has 0 spiro atoms. The van der Waals surface area contributed by atoms with E-state index in [1.54, 1.807) is 36.0 Å². The molecule has 6 heteroatoms. The maximum absolute atomic E-state index is 12.6. The van der Waals surface area contributed by atoms with Crippen LogP contribution >= 0.6 is 23.4 Å². The summed E-state index contributed by atoms with van der Waals surface area (Å²) >= 11 is 7.49. The predicted octanol–water partition coefficient (Wildman–Crippen LogP) is 6.49. The van der Waals surface area contributed by atoms with Crippen LogP contribution in [0.15, 0.2) is 72.8 Å². The largest absolute Gasteiger partial charge is 0.322 e. The quantitative estimate of drug-likeness (QED) is 0.483. The number of anilines is 2. The predicted molar refractivity (Wildman–Crippen MR) is 129 cm³/mol. The van der Waals surface area contributed by atoms with Gasteiger partial charge in [0.15, 0.2) is 0 Å². The van der Waals surface area contributed by atoms with Gasteiger partial charge in [-0.3, -0.25) is 14.5 Å². The smallest absolute Gasteiger partial charge is 0.255 e. The molecule has 1 fully saturated rings. The molecule has 1 aliphatic heterocycles. The molecule has 0 aromatic heterocycles. The molecule has 0 aliphatic carbocycles. The van der Waals surface area contributed by atoms with Gasteiger partial charge < -0.3 is 5.32 Å². The number of benzene rings is 3. The minimum absolute atomic E-state index is 0.0848. The standard InChI is InChI=1S/C25H23ClN2O2S/c1-16(2)17-7-13-22(14-8-17)28-23(29)15-31-25(28)19-5-11-21(12-6-19)27-24(30)18-3-9-20(26)10-4-18/h3-14,16,25H,15H2,1-2H3,(H,27,30)/t25-/m0/s1. The third kappa shape index (κ3) is 4.78. The molecule has 0 saturated carbocycles. The van der Waals surface area contributed by atoms with E-state index in [4.69, 9.17) is 11.6 Å². The zero-order chi connectivity index (χ0) is 22.0. The molecule has 1 heterocycles. The lowest BCUT2D eigenvalue weighted by atomic mass is 10.0. The van der Waals surface area contributed by atoms with Crippen molar-refractivity contribution in [1.29, 1.82) is 0 Å². The van der Waals surface area contributed by atoms with Gasteiger partial charge in [-0.05, 0) is 65.6 Å². The first kappa shape index (κ1) is 21.5. The van der Waals surface area contributed by atoms with Gasteiger partial charge in [-0.15, -0.1) is 11.8 Å². The molecule has 2 amide bonds. The normalized spacial score (nSPS) is 16.1. The fourth-order valence-electron chi connectivity index (χ4n) is 3.51. The number of halogens is 1. The molecule has 1 aliphatic rings. The van der Waals surface area contributed by atoms with Crippen LogP contribution in [0, 0.1) is 0 Å². The highest BCUT2D eigenvalue weighted by molar-refractivity contribution is 8.00. The van der Waals surface area contributed by atoms with Crippen molar-refractivity contribution < 1.29 is 9.59 Å². The van der Waals surface area contributed by atoms with Crippen molar-refractivity contribution in [3.8, 4) is 0 Å². The Kier molecular flexibility index (Phi) is 6.35. The SMILES string of the molecule is CC(C)c1ccc(N2C(=O)CS[C@H]2c2ccc(NC(=O)c3ccc(Cl)cc3)cc2)cc1. The highest BCUT2D eigenvalue weighted by Crippen LogP contribution is 2.42. The Labute approximate surface area is 191 Å². The molecule has 1 saturated heterocycles. The summed E-state index contributed by atoms with van der Waals surface area (Å²) in [5.74, 6) is 0.810. The Morgan fingerprint density at radius 2 is 1.65 bits per heavy atom. The first-order valence-electron chi connectivity index (χ1n) is 10.1. The Morgan fingerprint density at radius 1 is 1.00 bits per heavy atom. The van der Waals surface area contributed by atoms with Gasteiger partial charge in [-0.25, -0.2) is 0 Å². The van der Waals surface area contributed by atoms with E-state index in [0.29, 0.717) is 27.9 Å². The lowest BCUT2D eigenvalue weighted by Gasteiger charge is -2.25. The van der Waals surface area contributed by atoms with E-state index < -0.39 is 0 Å². The van der Waals surface area contributed by atoms with Crippen molar-refractivity contribution in [3.05, 3.63) is 94.5 Å². The topological polar surface area (TPSA) is 49.4 Å². The van der Waals surface area contributed by atoms with Crippen LogP contribution in [0.5, 0.6) is 0 Å². The number of nitrogens with zero attached hydrogens (tertiary/aromatic N) is 1. The number of thioether (sulfide) groups is 1. The van der Waals surface area contributed by atoms with Crippen LogP contribution in [-0.2, 0) is 4.79 Å². The zero-order valence-corrected chi connectivity index (χ0v) is 18.9. The lowest BCUT2D eigenvalue weighted by molar-refractivity contribution is -0.115. The van der Waals surface area contributed by atoms with Crippen molar-refractivity contribution in [2.75, 3.05) is 16.0 Å². The van der Waals surface area contributed by atoms with Gasteiger partial charge in [-0.1, -0.05) is 49.7 Å². The van der Waals surface area contributed by atoms with Crippen molar-refractivity contribution in [3.63, 3.8) is 0 Å². The Balaban J connectivity index is 1.50. The van der Waals surface area contributed by atoms with E-state index in [0.717, 1.165) is 11.3 Å². The average molecular weight is 451 g/mol. The van der Waals surface area contributed by atoms with Gasteiger partial charge >= 0.3 is 0 Å². The molecule has 3 aromatic carbocycles. The van der Waals surface area contributed by atoms with E-state index in [-0.39, 0.29) is 17.2 Å². The number of hydrogen-bond donors (Lipinski definition) is 1.